The first-order valence-electron chi connectivity index (χ1n) is 15.1. The van der Waals surface area contributed by atoms with Gasteiger partial charge in [-0.1, -0.05) is 96.8 Å². The Hall–Kier alpha value is -2.66. The number of phenolic OH excluding ortho intramolecular Hbond substituents is 1. The highest BCUT2D eigenvalue weighted by Crippen LogP contribution is 2.33. The summed E-state index contributed by atoms with van der Waals surface area (Å²) in [6, 6.07) is 11.9. The standard InChI is InChI=1S/C33H46ClN3O2/c1-4-7-10-13-16-25-18-20-28(26(23-25)17-14-11-8-5-2)31-35-32(37-33(34)36-31)29-21-19-27(24-30(29)38)39-22-15-12-9-6-3/h18-21,23-24,38H,4-17,22H2,1-3H3. The summed E-state index contributed by atoms with van der Waals surface area (Å²) in [5.74, 6) is 1.61. The number of aromatic nitrogens is 3. The Morgan fingerprint density at radius 3 is 1.95 bits per heavy atom. The van der Waals surface area contributed by atoms with Crippen LogP contribution in [0.2, 0.25) is 5.28 Å². The van der Waals surface area contributed by atoms with Crippen molar-refractivity contribution in [3.05, 3.63) is 52.8 Å². The van der Waals surface area contributed by atoms with Gasteiger partial charge in [0.25, 0.3) is 0 Å². The third-order valence-electron chi connectivity index (χ3n) is 7.11. The van der Waals surface area contributed by atoms with Gasteiger partial charge in [0.2, 0.25) is 5.28 Å². The van der Waals surface area contributed by atoms with E-state index in [4.69, 9.17) is 21.3 Å². The minimum absolute atomic E-state index is 0.0662. The Kier molecular flexibility index (Phi) is 13.6. The normalized spacial score (nSPS) is 11.2. The van der Waals surface area contributed by atoms with Crippen LogP contribution in [0.25, 0.3) is 22.8 Å². The van der Waals surface area contributed by atoms with Crippen molar-refractivity contribution in [3.8, 4) is 34.3 Å². The quantitative estimate of drug-likeness (QED) is 0.159. The number of hydrogen-bond donors (Lipinski definition) is 1. The van der Waals surface area contributed by atoms with Gasteiger partial charge in [0.1, 0.15) is 11.5 Å². The van der Waals surface area contributed by atoms with Crippen molar-refractivity contribution in [2.45, 2.75) is 111 Å². The second kappa shape index (κ2) is 17.1. The number of benzene rings is 2. The van der Waals surface area contributed by atoms with Crippen molar-refractivity contribution in [2.24, 2.45) is 0 Å². The fourth-order valence-corrected chi connectivity index (χ4v) is 4.99. The van der Waals surface area contributed by atoms with E-state index in [1.54, 1.807) is 12.1 Å². The fraction of sp³-hybridized carbons (Fsp3) is 0.545. The molecule has 0 aliphatic heterocycles. The molecule has 2 aromatic carbocycles. The molecule has 212 valence electrons. The average molecular weight is 552 g/mol. The molecule has 1 aromatic heterocycles. The number of phenols is 1. The maximum absolute atomic E-state index is 10.8. The van der Waals surface area contributed by atoms with Gasteiger partial charge in [0.15, 0.2) is 11.6 Å². The number of hydrogen-bond acceptors (Lipinski definition) is 5. The van der Waals surface area contributed by atoms with Gasteiger partial charge in [0, 0.05) is 11.6 Å². The second-order valence-corrected chi connectivity index (χ2v) is 10.8. The second-order valence-electron chi connectivity index (χ2n) is 10.5. The number of nitrogens with zero attached hydrogens (tertiary/aromatic N) is 3. The van der Waals surface area contributed by atoms with Crippen LogP contribution in [0.15, 0.2) is 36.4 Å². The van der Waals surface area contributed by atoms with Crippen LogP contribution in [0.4, 0.5) is 0 Å². The highest BCUT2D eigenvalue weighted by atomic mass is 35.5. The maximum Gasteiger partial charge on any atom is 0.226 e. The van der Waals surface area contributed by atoms with E-state index in [2.05, 4.69) is 48.9 Å². The van der Waals surface area contributed by atoms with Gasteiger partial charge in [-0.05, 0) is 67.0 Å². The first kappa shape index (κ1) is 30.9. The molecular formula is C33H46ClN3O2. The minimum atomic E-state index is 0.0662. The monoisotopic (exact) mass is 551 g/mol. The Bertz CT molecular complexity index is 1150. The predicted octanol–water partition coefficient (Wildman–Crippen LogP) is 9.77. The van der Waals surface area contributed by atoms with E-state index < -0.39 is 0 Å². The summed E-state index contributed by atoms with van der Waals surface area (Å²) < 4.78 is 5.82. The van der Waals surface area contributed by atoms with Gasteiger partial charge in [0.05, 0.1) is 12.2 Å². The molecule has 1 N–H and O–H groups in total. The molecule has 3 aromatic rings. The molecule has 1 heterocycles. The summed E-state index contributed by atoms with van der Waals surface area (Å²) in [6.07, 6.45) is 16.4. The van der Waals surface area contributed by atoms with Gasteiger partial charge >= 0.3 is 0 Å². The Balaban J connectivity index is 1.84. The van der Waals surface area contributed by atoms with E-state index >= 15 is 0 Å². The third-order valence-corrected chi connectivity index (χ3v) is 7.28. The van der Waals surface area contributed by atoms with Crippen LogP contribution in [-0.2, 0) is 12.8 Å². The number of aromatic hydroxyl groups is 1. The molecule has 0 bridgehead atoms. The van der Waals surface area contributed by atoms with Gasteiger partial charge in [-0.3, -0.25) is 0 Å². The lowest BCUT2D eigenvalue weighted by Gasteiger charge is -2.13. The molecule has 0 spiro atoms. The average Bonchev–Trinajstić information content (AvgIpc) is 2.93. The number of ether oxygens (including phenoxy) is 1. The molecule has 0 saturated heterocycles. The Morgan fingerprint density at radius 1 is 0.667 bits per heavy atom. The summed E-state index contributed by atoms with van der Waals surface area (Å²) in [5.41, 5.74) is 4.11. The highest BCUT2D eigenvalue weighted by Gasteiger charge is 2.16. The van der Waals surface area contributed by atoms with Crippen LogP contribution >= 0.6 is 11.6 Å². The molecule has 0 fully saturated rings. The third kappa shape index (κ3) is 10.1. The topological polar surface area (TPSA) is 68.1 Å². The molecule has 39 heavy (non-hydrogen) atoms. The van der Waals surface area contributed by atoms with Crippen LogP contribution < -0.4 is 4.74 Å². The van der Waals surface area contributed by atoms with Crippen LogP contribution in [0.5, 0.6) is 11.5 Å². The Morgan fingerprint density at radius 2 is 1.28 bits per heavy atom. The summed E-state index contributed by atoms with van der Waals surface area (Å²) in [6.45, 7) is 7.30. The first-order valence-corrected chi connectivity index (χ1v) is 15.4. The molecule has 0 aliphatic carbocycles. The zero-order valence-corrected chi connectivity index (χ0v) is 24.9. The van der Waals surface area contributed by atoms with E-state index in [1.165, 1.54) is 68.9 Å². The zero-order valence-electron chi connectivity index (χ0n) is 24.1. The molecule has 0 saturated carbocycles. The van der Waals surface area contributed by atoms with Crippen molar-refractivity contribution in [2.75, 3.05) is 6.61 Å². The van der Waals surface area contributed by atoms with Gasteiger partial charge in [-0.2, -0.15) is 9.97 Å². The van der Waals surface area contributed by atoms with E-state index in [9.17, 15) is 5.11 Å². The van der Waals surface area contributed by atoms with Gasteiger partial charge < -0.3 is 9.84 Å². The minimum Gasteiger partial charge on any atom is -0.507 e. The van der Waals surface area contributed by atoms with E-state index in [0.29, 0.717) is 29.6 Å². The molecule has 3 rings (SSSR count). The van der Waals surface area contributed by atoms with E-state index in [-0.39, 0.29) is 11.0 Å². The smallest absolute Gasteiger partial charge is 0.226 e. The van der Waals surface area contributed by atoms with Crippen molar-refractivity contribution in [3.63, 3.8) is 0 Å². The van der Waals surface area contributed by atoms with Gasteiger partial charge in [-0.25, -0.2) is 4.98 Å². The molecule has 0 unspecified atom stereocenters. The van der Waals surface area contributed by atoms with Crippen molar-refractivity contribution < 1.29 is 9.84 Å². The van der Waals surface area contributed by atoms with Crippen LogP contribution in [-0.4, -0.2) is 26.7 Å². The summed E-state index contributed by atoms with van der Waals surface area (Å²) in [7, 11) is 0. The molecule has 6 heteroatoms. The van der Waals surface area contributed by atoms with Crippen molar-refractivity contribution in [1.82, 2.24) is 15.0 Å². The number of aryl methyl sites for hydroxylation is 2. The van der Waals surface area contributed by atoms with E-state index in [0.717, 1.165) is 37.7 Å². The fourth-order valence-electron chi connectivity index (χ4n) is 4.83. The Labute approximate surface area is 240 Å². The number of unbranched alkanes of at least 4 members (excludes halogenated alkanes) is 9. The summed E-state index contributed by atoms with van der Waals surface area (Å²) in [4.78, 5) is 13.6. The van der Waals surface area contributed by atoms with Crippen LogP contribution in [0.3, 0.4) is 0 Å². The predicted molar refractivity (Wildman–Crippen MR) is 163 cm³/mol. The van der Waals surface area contributed by atoms with E-state index in [1.807, 2.05) is 6.07 Å². The largest absolute Gasteiger partial charge is 0.507 e. The highest BCUT2D eigenvalue weighted by molar-refractivity contribution is 6.28. The lowest BCUT2D eigenvalue weighted by Crippen LogP contribution is -2.02. The zero-order chi connectivity index (χ0) is 27.9. The lowest BCUT2D eigenvalue weighted by atomic mass is 9.95. The van der Waals surface area contributed by atoms with Gasteiger partial charge in [-0.15, -0.1) is 0 Å². The molecule has 0 atom stereocenters. The summed E-state index contributed by atoms with van der Waals surface area (Å²) in [5, 5.41) is 10.9. The number of halogens is 1. The van der Waals surface area contributed by atoms with Crippen molar-refractivity contribution >= 4 is 11.6 Å². The number of rotatable bonds is 18. The first-order chi connectivity index (χ1) is 19.0. The van der Waals surface area contributed by atoms with Crippen LogP contribution in [0, 0.1) is 0 Å². The molecule has 0 aliphatic rings. The summed E-state index contributed by atoms with van der Waals surface area (Å²) >= 11 is 6.40. The maximum atomic E-state index is 10.8. The van der Waals surface area contributed by atoms with Crippen LogP contribution in [0.1, 0.15) is 109 Å². The van der Waals surface area contributed by atoms with Crippen molar-refractivity contribution in [1.29, 1.82) is 0 Å². The molecular weight excluding hydrogens is 506 g/mol. The SMILES string of the molecule is CCCCCCOc1ccc(-c2nc(Cl)nc(-c3ccc(CCCCCC)cc3CCCCCC)n2)c(O)c1. The lowest BCUT2D eigenvalue weighted by molar-refractivity contribution is 0.303. The molecule has 0 amide bonds. The molecule has 0 radical (unpaired) electrons. The molecule has 5 nitrogen and oxygen atoms in total.